The minimum atomic E-state index is -1.44. The topological polar surface area (TPSA) is 28.7 Å². The van der Waals surface area contributed by atoms with Crippen molar-refractivity contribution < 1.29 is 8.78 Å². The molecule has 0 fully saturated rings. The second kappa shape index (κ2) is 3.16. The van der Waals surface area contributed by atoms with E-state index in [1.807, 2.05) is 0 Å². The molecule has 1 unspecified atom stereocenters. The molecule has 1 aliphatic rings. The van der Waals surface area contributed by atoms with Gasteiger partial charge in [0.15, 0.2) is 0 Å². The number of allylic oxidation sites excluding steroid dienone is 2. The Morgan fingerprint density at radius 2 is 2.23 bits per heavy atom. The third-order valence-electron chi connectivity index (χ3n) is 1.54. The number of H-pyrrole nitrogens is 1. The average Bonchev–Trinajstić information content (AvgIpc) is 2.58. The van der Waals surface area contributed by atoms with Crippen molar-refractivity contribution in [2.75, 3.05) is 0 Å². The Morgan fingerprint density at radius 1 is 1.46 bits per heavy atom. The highest BCUT2D eigenvalue weighted by atomic mass is 35.5. The zero-order valence-electron chi connectivity index (χ0n) is 6.26. The summed E-state index contributed by atoms with van der Waals surface area (Å²) in [6.45, 7) is 0. The lowest BCUT2D eigenvalue weighted by molar-refractivity contribution is 0.653. The van der Waals surface area contributed by atoms with E-state index in [1.54, 1.807) is 0 Å². The third-order valence-corrected chi connectivity index (χ3v) is 3.85. The summed E-state index contributed by atoms with van der Waals surface area (Å²) in [4.78, 5) is 0. The maximum atomic E-state index is 13.1. The van der Waals surface area contributed by atoms with Crippen LogP contribution in [0.5, 0.6) is 0 Å². The van der Waals surface area contributed by atoms with Gasteiger partial charge in [0.05, 0.1) is 5.02 Å². The van der Waals surface area contributed by atoms with E-state index in [4.69, 9.17) is 11.6 Å². The molecule has 0 saturated carbocycles. The lowest BCUT2D eigenvalue weighted by atomic mass is 10.6. The van der Waals surface area contributed by atoms with Gasteiger partial charge >= 0.3 is 0 Å². The monoisotopic (exact) mass is 222 g/mol. The normalized spacial score (nSPS) is 24.4. The van der Waals surface area contributed by atoms with Gasteiger partial charge in [0.2, 0.25) is 0 Å². The molecule has 70 valence electrons. The number of hydrogen-bond donors (Lipinski definition) is 2. The van der Waals surface area contributed by atoms with E-state index < -0.39 is 21.9 Å². The molecule has 0 bridgehead atoms. The van der Waals surface area contributed by atoms with E-state index in [0.717, 1.165) is 6.08 Å². The standard InChI is InChI=1S/C7H5ClF2N2S/c8-5-2-11-12-7(5)13-3-4(9)1-6(13)10/h1-3,13H,(H,11,12). The van der Waals surface area contributed by atoms with E-state index in [0.29, 0.717) is 10.0 Å². The first-order valence-electron chi connectivity index (χ1n) is 3.41. The molecule has 0 aliphatic carbocycles. The van der Waals surface area contributed by atoms with Gasteiger partial charge in [0.25, 0.3) is 0 Å². The molecule has 0 spiro atoms. The number of thiol groups is 1. The van der Waals surface area contributed by atoms with Gasteiger partial charge in [-0.15, -0.1) is 10.9 Å². The molecule has 1 aromatic heterocycles. The van der Waals surface area contributed by atoms with Gasteiger partial charge in [-0.2, -0.15) is 5.10 Å². The molecule has 1 atom stereocenters. The number of rotatable bonds is 1. The van der Waals surface area contributed by atoms with E-state index in [2.05, 4.69) is 10.2 Å². The van der Waals surface area contributed by atoms with E-state index >= 15 is 0 Å². The number of hydrogen-bond acceptors (Lipinski definition) is 1. The first kappa shape index (κ1) is 8.77. The van der Waals surface area contributed by atoms with Crippen molar-refractivity contribution in [2.24, 2.45) is 0 Å². The number of nitrogens with one attached hydrogen (secondary N) is 1. The predicted molar refractivity (Wildman–Crippen MR) is 49.2 cm³/mol. The van der Waals surface area contributed by atoms with E-state index in [9.17, 15) is 8.78 Å². The fourth-order valence-electron chi connectivity index (χ4n) is 1.00. The minimum absolute atomic E-state index is 0.334. The summed E-state index contributed by atoms with van der Waals surface area (Å²) in [5.41, 5.74) is 0. The first-order valence-corrected chi connectivity index (χ1v) is 5.20. The molecule has 0 amide bonds. The van der Waals surface area contributed by atoms with Gasteiger partial charge < -0.3 is 0 Å². The molecular formula is C7H5ClF2N2S. The van der Waals surface area contributed by atoms with E-state index in [-0.39, 0.29) is 0 Å². The van der Waals surface area contributed by atoms with Crippen LogP contribution in [-0.2, 0) is 0 Å². The number of halogens is 3. The summed E-state index contributed by atoms with van der Waals surface area (Å²) in [6.07, 6.45) is 2.30. The minimum Gasteiger partial charge on any atom is -0.283 e. The SMILES string of the molecule is FC1=C[SH](c2n[nH]cc2Cl)C(F)=C1. The summed E-state index contributed by atoms with van der Waals surface area (Å²) in [7, 11) is -1.44. The first-order chi connectivity index (χ1) is 6.18. The summed E-state index contributed by atoms with van der Waals surface area (Å²) in [6, 6.07) is 0. The lowest BCUT2D eigenvalue weighted by Crippen LogP contribution is -1.79. The van der Waals surface area contributed by atoms with Crippen molar-refractivity contribution >= 4 is 22.5 Å². The average molecular weight is 223 g/mol. The van der Waals surface area contributed by atoms with Crippen LogP contribution in [0.15, 0.2) is 33.7 Å². The Balaban J connectivity index is 2.40. The molecule has 13 heavy (non-hydrogen) atoms. The van der Waals surface area contributed by atoms with Gasteiger partial charge in [0, 0.05) is 12.3 Å². The van der Waals surface area contributed by atoms with Crippen molar-refractivity contribution in [1.29, 1.82) is 0 Å². The second-order valence-electron chi connectivity index (χ2n) is 2.41. The van der Waals surface area contributed by atoms with E-state index in [1.165, 1.54) is 11.6 Å². The Hall–Kier alpha value is -0.810. The van der Waals surface area contributed by atoms with Crippen molar-refractivity contribution in [3.05, 3.63) is 33.7 Å². The lowest BCUT2D eigenvalue weighted by Gasteiger charge is -2.07. The molecule has 2 nitrogen and oxygen atoms in total. The highest BCUT2D eigenvalue weighted by Crippen LogP contribution is 2.52. The van der Waals surface area contributed by atoms with Gasteiger partial charge in [-0.25, -0.2) is 8.78 Å². The van der Waals surface area contributed by atoms with Crippen LogP contribution in [0.4, 0.5) is 8.78 Å². The summed E-state index contributed by atoms with van der Waals surface area (Å²) in [5.74, 6) is -0.567. The van der Waals surface area contributed by atoms with Crippen molar-refractivity contribution in [2.45, 2.75) is 5.03 Å². The Labute approximate surface area is 80.6 Å². The molecule has 1 N–H and O–H groups in total. The maximum absolute atomic E-state index is 13.1. The van der Waals surface area contributed by atoms with Crippen LogP contribution in [0.1, 0.15) is 0 Å². The molecule has 6 heteroatoms. The molecule has 0 aromatic carbocycles. The molecular weight excluding hydrogens is 218 g/mol. The smallest absolute Gasteiger partial charge is 0.148 e. The Bertz CT molecular complexity index is 399. The zero-order valence-corrected chi connectivity index (χ0v) is 7.91. The number of nitrogens with zero attached hydrogens (tertiary/aromatic N) is 1. The fraction of sp³-hybridized carbons (Fsp3) is 0. The van der Waals surface area contributed by atoms with Crippen LogP contribution in [0.3, 0.4) is 0 Å². The highest BCUT2D eigenvalue weighted by molar-refractivity contribution is 8.23. The predicted octanol–water partition coefficient (Wildman–Crippen LogP) is 3.06. The largest absolute Gasteiger partial charge is 0.283 e. The van der Waals surface area contributed by atoms with Gasteiger partial charge in [-0.1, -0.05) is 11.6 Å². The number of aromatic nitrogens is 2. The molecule has 2 heterocycles. The van der Waals surface area contributed by atoms with Gasteiger partial charge in [0.1, 0.15) is 16.0 Å². The van der Waals surface area contributed by atoms with Crippen molar-refractivity contribution in [1.82, 2.24) is 10.2 Å². The number of aromatic amines is 1. The summed E-state index contributed by atoms with van der Waals surface area (Å²) < 4.78 is 25.7. The van der Waals surface area contributed by atoms with Crippen LogP contribution >= 0.6 is 22.5 Å². The van der Waals surface area contributed by atoms with Gasteiger partial charge in [-0.05, 0) is 5.41 Å². The molecule has 0 radical (unpaired) electrons. The van der Waals surface area contributed by atoms with Crippen LogP contribution in [-0.4, -0.2) is 10.2 Å². The maximum Gasteiger partial charge on any atom is 0.148 e. The second-order valence-corrected chi connectivity index (χ2v) is 4.66. The van der Waals surface area contributed by atoms with Crippen molar-refractivity contribution in [3.63, 3.8) is 0 Å². The Morgan fingerprint density at radius 3 is 2.69 bits per heavy atom. The Kier molecular flexibility index (Phi) is 2.13. The van der Waals surface area contributed by atoms with Gasteiger partial charge in [-0.3, -0.25) is 5.10 Å². The van der Waals surface area contributed by atoms with Crippen LogP contribution in [0.25, 0.3) is 0 Å². The van der Waals surface area contributed by atoms with Crippen LogP contribution < -0.4 is 0 Å². The highest BCUT2D eigenvalue weighted by Gasteiger charge is 2.21. The molecule has 0 saturated heterocycles. The summed E-state index contributed by atoms with van der Waals surface area (Å²) >= 11 is 5.71. The van der Waals surface area contributed by atoms with Crippen molar-refractivity contribution in [3.8, 4) is 0 Å². The quantitative estimate of drug-likeness (QED) is 0.703. The van der Waals surface area contributed by atoms with Crippen LogP contribution in [0.2, 0.25) is 5.02 Å². The fourth-order valence-corrected chi connectivity index (χ4v) is 2.86. The summed E-state index contributed by atoms with van der Waals surface area (Å²) in [5, 5.41) is 7.66. The van der Waals surface area contributed by atoms with Crippen LogP contribution in [0, 0.1) is 0 Å². The molecule has 1 aliphatic heterocycles. The molecule has 1 aromatic rings. The molecule has 2 rings (SSSR count). The zero-order chi connectivity index (χ0) is 9.42. The third kappa shape index (κ3) is 1.49.